The third-order valence-electron chi connectivity index (χ3n) is 3.83. The summed E-state index contributed by atoms with van der Waals surface area (Å²) in [6.07, 6.45) is 1.46. The van der Waals surface area contributed by atoms with E-state index in [2.05, 4.69) is 15.5 Å². The highest BCUT2D eigenvalue weighted by Gasteiger charge is 2.09. The molecule has 0 saturated carbocycles. The molecule has 0 atom stereocenters. The van der Waals surface area contributed by atoms with Crippen molar-refractivity contribution < 1.29 is 27.4 Å². The van der Waals surface area contributed by atoms with Crippen LogP contribution >= 0.6 is 11.3 Å². The van der Waals surface area contributed by atoms with Crippen molar-refractivity contribution in [3.05, 3.63) is 76.1 Å². The maximum atomic E-state index is 14.2. The summed E-state index contributed by atoms with van der Waals surface area (Å²) in [5.74, 6) is -2.52. The highest BCUT2D eigenvalue weighted by Crippen LogP contribution is 2.20. The summed E-state index contributed by atoms with van der Waals surface area (Å²) >= 11 is 1.27. The van der Waals surface area contributed by atoms with Gasteiger partial charge in [0.1, 0.15) is 18.2 Å². The van der Waals surface area contributed by atoms with Gasteiger partial charge in [-0.1, -0.05) is 0 Å². The first-order valence-corrected chi connectivity index (χ1v) is 10.1. The van der Waals surface area contributed by atoms with E-state index in [0.717, 1.165) is 18.2 Å². The van der Waals surface area contributed by atoms with E-state index in [0.29, 0.717) is 23.0 Å². The van der Waals surface area contributed by atoms with Gasteiger partial charge in [0.2, 0.25) is 5.13 Å². The zero-order valence-electron chi connectivity index (χ0n) is 16.4. The third kappa shape index (κ3) is 6.82. The zero-order valence-corrected chi connectivity index (χ0v) is 17.2. The fourth-order valence-electron chi connectivity index (χ4n) is 2.53. The Morgan fingerprint density at radius 1 is 1.19 bits per heavy atom. The van der Waals surface area contributed by atoms with E-state index in [-0.39, 0.29) is 30.3 Å². The number of nitrogens with zero attached hydrogens (tertiary/aromatic N) is 2. The van der Waals surface area contributed by atoms with E-state index < -0.39 is 17.5 Å². The molecule has 6 nitrogen and oxygen atoms in total. The molecule has 0 unspecified atom stereocenters. The molecule has 0 amide bonds. The molecule has 1 N–H and O–H groups in total. The molecule has 162 valence electrons. The van der Waals surface area contributed by atoms with Gasteiger partial charge in [0, 0.05) is 11.4 Å². The minimum Gasteiger partial charge on any atom is -0.486 e. The van der Waals surface area contributed by atoms with Gasteiger partial charge in [-0.15, -0.1) is 11.3 Å². The Morgan fingerprint density at radius 2 is 1.97 bits per heavy atom. The normalized spacial score (nSPS) is 11.0. The van der Waals surface area contributed by atoms with Crippen LogP contribution < -0.4 is 10.2 Å². The summed E-state index contributed by atoms with van der Waals surface area (Å²) in [7, 11) is 0. The number of ether oxygens (including phenoxy) is 2. The minimum absolute atomic E-state index is 0.0571. The number of carbonyl (C=O) groups is 1. The number of carbonyl (C=O) groups excluding carboxylic acids is 1. The van der Waals surface area contributed by atoms with E-state index in [1.807, 2.05) is 0 Å². The van der Waals surface area contributed by atoms with E-state index in [1.165, 1.54) is 29.7 Å². The number of benzene rings is 2. The molecule has 0 aliphatic heterocycles. The number of esters is 1. The number of hydrogen-bond donors (Lipinski definition) is 1. The predicted octanol–water partition coefficient (Wildman–Crippen LogP) is 4.69. The van der Waals surface area contributed by atoms with Crippen molar-refractivity contribution in [1.82, 2.24) is 4.98 Å². The number of aromatic nitrogens is 1. The Morgan fingerprint density at radius 3 is 2.68 bits per heavy atom. The maximum Gasteiger partial charge on any atom is 0.311 e. The Kier molecular flexibility index (Phi) is 7.60. The Balaban J connectivity index is 1.54. The molecule has 0 aliphatic carbocycles. The molecule has 2 aromatic carbocycles. The lowest BCUT2D eigenvalue weighted by Gasteiger charge is -2.08. The number of halogens is 3. The highest BCUT2D eigenvalue weighted by atomic mass is 32.1. The van der Waals surface area contributed by atoms with Gasteiger partial charge in [0.05, 0.1) is 24.9 Å². The van der Waals surface area contributed by atoms with Crippen molar-refractivity contribution in [2.24, 2.45) is 5.10 Å². The smallest absolute Gasteiger partial charge is 0.311 e. The molecule has 1 heterocycles. The van der Waals surface area contributed by atoms with Crippen LogP contribution in [0.2, 0.25) is 0 Å². The molecule has 10 heteroatoms. The van der Waals surface area contributed by atoms with Crippen LogP contribution in [-0.4, -0.2) is 23.8 Å². The van der Waals surface area contributed by atoms with E-state index in [4.69, 9.17) is 9.47 Å². The Labute approximate surface area is 180 Å². The number of thiazole rings is 1. The van der Waals surface area contributed by atoms with Crippen LogP contribution in [0.15, 0.2) is 46.9 Å². The fourth-order valence-corrected chi connectivity index (χ4v) is 3.19. The molecule has 0 fully saturated rings. The molecule has 3 rings (SSSR count). The first-order chi connectivity index (χ1) is 14.9. The minimum atomic E-state index is -0.730. The fraction of sp³-hybridized carbons (Fsp3) is 0.190. The number of anilines is 1. The quantitative estimate of drug-likeness (QED) is 0.292. The number of rotatable bonds is 9. The Bertz CT molecular complexity index is 1070. The summed E-state index contributed by atoms with van der Waals surface area (Å²) in [5, 5.41) is 6.17. The van der Waals surface area contributed by atoms with Crippen molar-refractivity contribution in [3.63, 3.8) is 0 Å². The van der Waals surface area contributed by atoms with E-state index in [1.54, 1.807) is 18.4 Å². The van der Waals surface area contributed by atoms with E-state index >= 15 is 0 Å². The third-order valence-corrected chi connectivity index (χ3v) is 4.62. The van der Waals surface area contributed by atoms with Crippen molar-refractivity contribution in [3.8, 4) is 5.75 Å². The average Bonchev–Trinajstić information content (AvgIpc) is 3.14. The first kappa shape index (κ1) is 22.3. The molecule has 1 aromatic heterocycles. The van der Waals surface area contributed by atoms with Crippen molar-refractivity contribution in [1.29, 1.82) is 0 Å². The summed E-state index contributed by atoms with van der Waals surface area (Å²) < 4.78 is 50.8. The van der Waals surface area contributed by atoms with Gasteiger partial charge < -0.3 is 9.47 Å². The molecule has 3 aromatic rings. The molecule has 0 aliphatic rings. The van der Waals surface area contributed by atoms with Crippen LogP contribution in [0.5, 0.6) is 5.75 Å². The number of hydrogen-bond acceptors (Lipinski definition) is 7. The number of nitrogens with one attached hydrogen (secondary N) is 1. The topological polar surface area (TPSA) is 72.8 Å². The molecule has 0 bridgehead atoms. The second kappa shape index (κ2) is 10.6. The molecular formula is C21H18F3N3O3S. The van der Waals surface area contributed by atoms with Crippen molar-refractivity contribution in [2.75, 3.05) is 12.0 Å². The van der Waals surface area contributed by atoms with Crippen molar-refractivity contribution >= 4 is 28.7 Å². The van der Waals surface area contributed by atoms with Crippen LogP contribution in [0.1, 0.15) is 23.7 Å². The lowest BCUT2D eigenvalue weighted by molar-refractivity contribution is -0.142. The average molecular weight is 449 g/mol. The van der Waals surface area contributed by atoms with Crippen LogP contribution in [0, 0.1) is 17.5 Å². The standard InChI is InChI=1S/C21H18F3N3O3S/c1-2-29-20(28)9-17-12-31-21(26-17)27-25-10-13-3-4-19(18(24)7-13)30-11-14-5-15(22)8-16(23)6-14/h3-8,10,12H,2,9,11H2,1H3,(H,26,27). The van der Waals surface area contributed by atoms with Gasteiger partial charge in [0.25, 0.3) is 0 Å². The summed E-state index contributed by atoms with van der Waals surface area (Å²) in [6.45, 7) is 1.86. The maximum absolute atomic E-state index is 14.2. The van der Waals surface area contributed by atoms with Crippen LogP contribution in [0.4, 0.5) is 18.3 Å². The number of hydrazone groups is 1. The van der Waals surface area contributed by atoms with Crippen LogP contribution in [-0.2, 0) is 22.6 Å². The van der Waals surface area contributed by atoms with E-state index in [9.17, 15) is 18.0 Å². The summed E-state index contributed by atoms with van der Waals surface area (Å²) in [5.41, 5.74) is 3.98. The van der Waals surface area contributed by atoms with Gasteiger partial charge in [-0.25, -0.2) is 18.2 Å². The lowest BCUT2D eigenvalue weighted by Crippen LogP contribution is -2.07. The SMILES string of the molecule is CCOC(=O)Cc1csc(NN=Cc2ccc(OCc3cc(F)cc(F)c3)c(F)c2)n1. The predicted molar refractivity (Wildman–Crippen MR) is 111 cm³/mol. The lowest BCUT2D eigenvalue weighted by atomic mass is 10.2. The van der Waals surface area contributed by atoms with Crippen molar-refractivity contribution in [2.45, 2.75) is 20.0 Å². The molecule has 0 saturated heterocycles. The van der Waals surface area contributed by atoms with Gasteiger partial charge >= 0.3 is 5.97 Å². The second-order valence-electron chi connectivity index (χ2n) is 6.25. The Hall–Kier alpha value is -3.40. The molecular weight excluding hydrogens is 431 g/mol. The van der Waals surface area contributed by atoms with Gasteiger partial charge in [-0.2, -0.15) is 5.10 Å². The van der Waals surface area contributed by atoms with Crippen LogP contribution in [0.25, 0.3) is 0 Å². The molecule has 31 heavy (non-hydrogen) atoms. The monoisotopic (exact) mass is 449 g/mol. The van der Waals surface area contributed by atoms with Gasteiger partial charge in [-0.3, -0.25) is 10.2 Å². The molecule has 0 spiro atoms. The van der Waals surface area contributed by atoms with Crippen LogP contribution in [0.3, 0.4) is 0 Å². The van der Waals surface area contributed by atoms with Gasteiger partial charge in [0.15, 0.2) is 11.6 Å². The second-order valence-corrected chi connectivity index (χ2v) is 7.11. The largest absolute Gasteiger partial charge is 0.486 e. The zero-order chi connectivity index (χ0) is 22.2. The van der Waals surface area contributed by atoms with Gasteiger partial charge in [-0.05, 0) is 48.4 Å². The highest BCUT2D eigenvalue weighted by molar-refractivity contribution is 7.13. The molecule has 0 radical (unpaired) electrons. The first-order valence-electron chi connectivity index (χ1n) is 9.19. The summed E-state index contributed by atoms with van der Waals surface area (Å²) in [6, 6.07) is 7.16. The summed E-state index contributed by atoms with van der Waals surface area (Å²) in [4.78, 5) is 15.7.